The average Bonchev–Trinajstić information content (AvgIpc) is 2.47. The summed E-state index contributed by atoms with van der Waals surface area (Å²) >= 11 is 6.10. The number of rotatable bonds is 3. The summed E-state index contributed by atoms with van der Waals surface area (Å²) in [7, 11) is 1.75. The lowest BCUT2D eigenvalue weighted by Crippen LogP contribution is -2.30. The molecule has 0 saturated carbocycles. The van der Waals surface area contributed by atoms with E-state index >= 15 is 0 Å². The topological polar surface area (TPSA) is 21.3 Å². The first-order chi connectivity index (χ1) is 9.76. The van der Waals surface area contributed by atoms with Gasteiger partial charge in [-0.2, -0.15) is 0 Å². The first-order valence-electron chi connectivity index (χ1n) is 7.23. The standard InChI is InChI=1S/C17H20ClNO/c1-20-17-10-13-4-5-16(18)9-14(13)8-15(17)7-12-3-2-6-19-11-12/h4-5,8-10,12,19H,2-3,6-7,11H2,1H3. The number of piperidine rings is 1. The molecule has 1 heterocycles. The van der Waals surface area contributed by atoms with Gasteiger partial charge in [0.1, 0.15) is 5.75 Å². The molecule has 1 unspecified atom stereocenters. The fraction of sp³-hybridized carbons (Fsp3) is 0.412. The van der Waals surface area contributed by atoms with Gasteiger partial charge in [0.2, 0.25) is 0 Å². The van der Waals surface area contributed by atoms with Crippen molar-refractivity contribution in [3.8, 4) is 5.75 Å². The van der Waals surface area contributed by atoms with Crippen LogP contribution in [0.4, 0.5) is 0 Å². The van der Waals surface area contributed by atoms with Crippen molar-refractivity contribution in [2.24, 2.45) is 5.92 Å². The van der Waals surface area contributed by atoms with E-state index in [1.54, 1.807) is 7.11 Å². The Hall–Kier alpha value is -1.25. The lowest BCUT2D eigenvalue weighted by molar-refractivity contribution is 0.364. The van der Waals surface area contributed by atoms with Crippen molar-refractivity contribution in [3.05, 3.63) is 40.9 Å². The fourth-order valence-corrected chi connectivity index (χ4v) is 3.23. The van der Waals surface area contributed by atoms with Gasteiger partial charge >= 0.3 is 0 Å². The molecule has 2 nitrogen and oxygen atoms in total. The van der Waals surface area contributed by atoms with Crippen LogP contribution in [0.2, 0.25) is 5.02 Å². The summed E-state index contributed by atoms with van der Waals surface area (Å²) in [5, 5.41) is 6.63. The maximum atomic E-state index is 6.10. The Morgan fingerprint density at radius 1 is 1.25 bits per heavy atom. The summed E-state index contributed by atoms with van der Waals surface area (Å²) in [5.74, 6) is 1.69. The molecule has 2 aromatic rings. The van der Waals surface area contributed by atoms with E-state index in [4.69, 9.17) is 16.3 Å². The highest BCUT2D eigenvalue weighted by atomic mass is 35.5. The number of hydrogen-bond donors (Lipinski definition) is 1. The first kappa shape index (κ1) is 13.7. The zero-order valence-corrected chi connectivity index (χ0v) is 12.5. The second-order valence-electron chi connectivity index (χ2n) is 5.57. The van der Waals surface area contributed by atoms with E-state index in [2.05, 4.69) is 17.4 Å². The maximum Gasteiger partial charge on any atom is 0.122 e. The third kappa shape index (κ3) is 2.92. The molecule has 0 aliphatic carbocycles. The minimum absolute atomic E-state index is 0.703. The Morgan fingerprint density at radius 2 is 2.15 bits per heavy atom. The number of ether oxygens (including phenoxy) is 1. The zero-order chi connectivity index (χ0) is 13.9. The molecule has 3 rings (SSSR count). The van der Waals surface area contributed by atoms with Crippen LogP contribution in [0.15, 0.2) is 30.3 Å². The molecule has 0 radical (unpaired) electrons. The molecule has 20 heavy (non-hydrogen) atoms. The van der Waals surface area contributed by atoms with Crippen LogP contribution >= 0.6 is 11.6 Å². The van der Waals surface area contributed by atoms with E-state index in [0.29, 0.717) is 5.92 Å². The molecule has 0 aromatic heterocycles. The highest BCUT2D eigenvalue weighted by Gasteiger charge is 2.16. The lowest BCUT2D eigenvalue weighted by Gasteiger charge is -2.23. The van der Waals surface area contributed by atoms with Gasteiger partial charge in [-0.15, -0.1) is 0 Å². The minimum atomic E-state index is 0.703. The highest BCUT2D eigenvalue weighted by Crippen LogP contribution is 2.30. The summed E-state index contributed by atoms with van der Waals surface area (Å²) in [6, 6.07) is 10.4. The average molecular weight is 290 g/mol. The molecule has 1 atom stereocenters. The Labute approximate surface area is 125 Å². The molecule has 1 aliphatic heterocycles. The summed E-state index contributed by atoms with van der Waals surface area (Å²) < 4.78 is 5.57. The molecule has 1 fully saturated rings. The molecule has 3 heteroatoms. The van der Waals surface area contributed by atoms with Crippen LogP contribution in [0.1, 0.15) is 18.4 Å². The molecule has 0 amide bonds. The van der Waals surface area contributed by atoms with E-state index in [-0.39, 0.29) is 0 Å². The van der Waals surface area contributed by atoms with Crippen LogP contribution in [-0.4, -0.2) is 20.2 Å². The summed E-state index contributed by atoms with van der Waals surface area (Å²) in [4.78, 5) is 0. The van der Waals surface area contributed by atoms with Crippen molar-refractivity contribution in [3.63, 3.8) is 0 Å². The molecule has 0 spiro atoms. The minimum Gasteiger partial charge on any atom is -0.496 e. The molecular weight excluding hydrogens is 270 g/mol. The Balaban J connectivity index is 1.94. The molecule has 1 saturated heterocycles. The molecular formula is C17H20ClNO. The van der Waals surface area contributed by atoms with Crippen LogP contribution in [0.25, 0.3) is 10.8 Å². The van der Waals surface area contributed by atoms with Gasteiger partial charge in [-0.1, -0.05) is 17.7 Å². The fourth-order valence-electron chi connectivity index (χ4n) is 3.05. The number of hydrogen-bond acceptors (Lipinski definition) is 2. The third-order valence-electron chi connectivity index (χ3n) is 4.11. The Morgan fingerprint density at radius 3 is 2.90 bits per heavy atom. The highest BCUT2D eigenvalue weighted by molar-refractivity contribution is 6.31. The van der Waals surface area contributed by atoms with Crippen LogP contribution in [0.5, 0.6) is 5.75 Å². The van der Waals surface area contributed by atoms with Gasteiger partial charge in [-0.3, -0.25) is 0 Å². The van der Waals surface area contributed by atoms with E-state index in [1.165, 1.54) is 29.2 Å². The summed E-state index contributed by atoms with van der Waals surface area (Å²) in [6.07, 6.45) is 3.63. The smallest absolute Gasteiger partial charge is 0.122 e. The summed E-state index contributed by atoms with van der Waals surface area (Å²) in [6.45, 7) is 2.26. The third-order valence-corrected chi connectivity index (χ3v) is 4.34. The van der Waals surface area contributed by atoms with Gasteiger partial charge in [0.15, 0.2) is 0 Å². The van der Waals surface area contributed by atoms with E-state index in [0.717, 1.165) is 30.3 Å². The second kappa shape index (κ2) is 6.02. The van der Waals surface area contributed by atoms with Crippen LogP contribution in [0.3, 0.4) is 0 Å². The van der Waals surface area contributed by atoms with E-state index in [1.807, 2.05) is 18.2 Å². The predicted octanol–water partition coefficient (Wildman–Crippen LogP) is 4.04. The molecule has 1 N–H and O–H groups in total. The van der Waals surface area contributed by atoms with Crippen molar-refractivity contribution in [2.75, 3.05) is 20.2 Å². The lowest BCUT2D eigenvalue weighted by atomic mass is 9.91. The quantitative estimate of drug-likeness (QED) is 0.920. The largest absolute Gasteiger partial charge is 0.496 e. The zero-order valence-electron chi connectivity index (χ0n) is 11.8. The van der Waals surface area contributed by atoms with Gasteiger partial charge in [0.25, 0.3) is 0 Å². The van der Waals surface area contributed by atoms with Gasteiger partial charge in [0.05, 0.1) is 7.11 Å². The second-order valence-corrected chi connectivity index (χ2v) is 6.01. The first-order valence-corrected chi connectivity index (χ1v) is 7.61. The van der Waals surface area contributed by atoms with Crippen molar-refractivity contribution >= 4 is 22.4 Å². The van der Waals surface area contributed by atoms with Crippen LogP contribution < -0.4 is 10.1 Å². The van der Waals surface area contributed by atoms with Crippen molar-refractivity contribution in [2.45, 2.75) is 19.3 Å². The number of halogens is 1. The van der Waals surface area contributed by atoms with Gasteiger partial charge in [-0.25, -0.2) is 0 Å². The van der Waals surface area contributed by atoms with Gasteiger partial charge in [0, 0.05) is 5.02 Å². The number of benzene rings is 2. The number of nitrogens with one attached hydrogen (secondary N) is 1. The maximum absolute atomic E-state index is 6.10. The molecule has 2 aromatic carbocycles. The number of fused-ring (bicyclic) bond motifs is 1. The van der Waals surface area contributed by atoms with Crippen LogP contribution in [-0.2, 0) is 6.42 Å². The van der Waals surface area contributed by atoms with Crippen molar-refractivity contribution in [1.29, 1.82) is 0 Å². The van der Waals surface area contributed by atoms with Crippen LogP contribution in [0, 0.1) is 5.92 Å². The normalized spacial score (nSPS) is 19.2. The monoisotopic (exact) mass is 289 g/mol. The number of methoxy groups -OCH3 is 1. The van der Waals surface area contributed by atoms with Crippen molar-refractivity contribution in [1.82, 2.24) is 5.32 Å². The van der Waals surface area contributed by atoms with Gasteiger partial charge in [-0.05, 0) is 78.9 Å². The SMILES string of the molecule is COc1cc2ccc(Cl)cc2cc1CC1CCCNC1. The molecule has 0 bridgehead atoms. The molecule has 1 aliphatic rings. The van der Waals surface area contributed by atoms with E-state index < -0.39 is 0 Å². The van der Waals surface area contributed by atoms with E-state index in [9.17, 15) is 0 Å². The molecule has 106 valence electrons. The Kier molecular flexibility index (Phi) is 4.13. The predicted molar refractivity (Wildman–Crippen MR) is 84.8 cm³/mol. The summed E-state index contributed by atoms with van der Waals surface area (Å²) in [5.41, 5.74) is 1.29. The Bertz CT molecular complexity index is 605. The van der Waals surface area contributed by atoms with Crippen molar-refractivity contribution < 1.29 is 4.74 Å². The van der Waals surface area contributed by atoms with Gasteiger partial charge < -0.3 is 10.1 Å².